The Morgan fingerprint density at radius 2 is 1.33 bits per heavy atom. The molecule has 5 heteroatoms. The number of hydrogen-bond donors (Lipinski definition) is 0. The first-order valence-corrected chi connectivity index (χ1v) is 8.16. The summed E-state index contributed by atoms with van der Waals surface area (Å²) in [5.74, 6) is 1.09. The molecule has 0 aliphatic carbocycles. The van der Waals surface area contributed by atoms with Gasteiger partial charge >= 0.3 is 7.60 Å². The van der Waals surface area contributed by atoms with Crippen molar-refractivity contribution in [3.05, 3.63) is 60.7 Å². The van der Waals surface area contributed by atoms with E-state index < -0.39 is 12.9 Å². The third-order valence-electron chi connectivity index (χ3n) is 2.98. The molecule has 1 unspecified atom stereocenters. The quantitative estimate of drug-likeness (QED) is 0.724. The van der Waals surface area contributed by atoms with Crippen LogP contribution in [0.4, 0.5) is 0 Å². The van der Waals surface area contributed by atoms with Crippen LogP contribution in [0.15, 0.2) is 60.7 Å². The molecule has 21 heavy (non-hydrogen) atoms. The summed E-state index contributed by atoms with van der Waals surface area (Å²) in [6.07, 6.45) is 0. The van der Waals surface area contributed by atoms with Crippen LogP contribution in [0.25, 0.3) is 0 Å². The normalized spacial score (nSPS) is 14.2. The monoisotopic (exact) mass is 306 g/mol. The van der Waals surface area contributed by atoms with Gasteiger partial charge in [-0.25, -0.2) is 4.57 Å². The predicted octanol–water partition coefficient (Wildman–Crippen LogP) is 4.72. The van der Waals surface area contributed by atoms with Crippen molar-refractivity contribution in [3.63, 3.8) is 0 Å². The standard InChI is InChI=1S/C16H19O4P/c1-16(2,19-14-10-6-4-7-11-14)21(17,18-3)20-15-12-8-5-9-13-15/h4-13H,1-3H3. The summed E-state index contributed by atoms with van der Waals surface area (Å²) in [7, 11) is -2.15. The van der Waals surface area contributed by atoms with Gasteiger partial charge in [-0.3, -0.25) is 0 Å². The van der Waals surface area contributed by atoms with Crippen molar-refractivity contribution in [2.75, 3.05) is 7.11 Å². The molecule has 2 aromatic carbocycles. The fourth-order valence-corrected chi connectivity index (χ4v) is 3.17. The van der Waals surface area contributed by atoms with E-state index in [-0.39, 0.29) is 0 Å². The zero-order chi connectivity index (χ0) is 15.3. The van der Waals surface area contributed by atoms with Crippen LogP contribution in [0.1, 0.15) is 13.8 Å². The lowest BCUT2D eigenvalue weighted by Gasteiger charge is -2.32. The van der Waals surface area contributed by atoms with E-state index in [9.17, 15) is 4.57 Å². The second kappa shape index (κ2) is 6.33. The minimum absolute atomic E-state index is 0.479. The molecule has 0 bridgehead atoms. The highest BCUT2D eigenvalue weighted by atomic mass is 31.2. The van der Waals surface area contributed by atoms with E-state index in [0.717, 1.165) is 0 Å². The molecule has 0 spiro atoms. The third-order valence-corrected chi connectivity index (χ3v) is 5.32. The molecule has 4 nitrogen and oxygen atoms in total. The number of rotatable bonds is 6. The third kappa shape index (κ3) is 3.66. The van der Waals surface area contributed by atoms with Crippen molar-refractivity contribution in [1.82, 2.24) is 0 Å². The molecule has 0 saturated heterocycles. The highest BCUT2D eigenvalue weighted by molar-refractivity contribution is 7.55. The SMILES string of the molecule is COP(=O)(Oc1ccccc1)C(C)(C)Oc1ccccc1. The van der Waals surface area contributed by atoms with Gasteiger partial charge in [0.25, 0.3) is 0 Å². The summed E-state index contributed by atoms with van der Waals surface area (Å²) in [6.45, 7) is 3.38. The Labute approximate surface area is 125 Å². The van der Waals surface area contributed by atoms with Gasteiger partial charge in [0.15, 0.2) is 0 Å². The van der Waals surface area contributed by atoms with Crippen LogP contribution in [0, 0.1) is 0 Å². The Hall–Kier alpha value is -1.77. The summed E-state index contributed by atoms with van der Waals surface area (Å²) < 4.78 is 29.6. The van der Waals surface area contributed by atoms with E-state index in [4.69, 9.17) is 13.8 Å². The average Bonchev–Trinajstić information content (AvgIpc) is 2.48. The smallest absolute Gasteiger partial charge is 0.421 e. The zero-order valence-corrected chi connectivity index (χ0v) is 13.2. The van der Waals surface area contributed by atoms with Gasteiger partial charge in [0, 0.05) is 7.11 Å². The van der Waals surface area contributed by atoms with Gasteiger partial charge in [-0.2, -0.15) is 0 Å². The number of benzene rings is 2. The van der Waals surface area contributed by atoms with Crippen LogP contribution in [0.5, 0.6) is 11.5 Å². The van der Waals surface area contributed by atoms with Crippen molar-refractivity contribution in [2.45, 2.75) is 19.2 Å². The Morgan fingerprint density at radius 1 is 0.857 bits per heavy atom. The molecule has 112 valence electrons. The maximum Gasteiger partial charge on any atom is 0.421 e. The molecule has 2 aromatic rings. The van der Waals surface area contributed by atoms with Gasteiger partial charge < -0.3 is 13.8 Å². The summed E-state index contributed by atoms with van der Waals surface area (Å²) in [5.41, 5.74) is 0. The van der Waals surface area contributed by atoms with Crippen molar-refractivity contribution in [2.24, 2.45) is 0 Å². The molecule has 0 amide bonds. The molecule has 0 N–H and O–H groups in total. The molecule has 1 atom stereocenters. The summed E-state index contributed by atoms with van der Waals surface area (Å²) in [5, 5.41) is -1.13. The molecular formula is C16H19O4P. The first-order valence-electron chi connectivity index (χ1n) is 6.61. The van der Waals surface area contributed by atoms with E-state index in [1.54, 1.807) is 50.2 Å². The van der Waals surface area contributed by atoms with Crippen LogP contribution < -0.4 is 9.26 Å². The maximum atomic E-state index is 13.0. The first kappa shape index (κ1) is 15.6. The Bertz CT molecular complexity index is 611. The van der Waals surface area contributed by atoms with Gasteiger partial charge in [-0.1, -0.05) is 36.4 Å². The molecule has 0 aliphatic heterocycles. The topological polar surface area (TPSA) is 44.8 Å². The van der Waals surface area contributed by atoms with Crippen LogP contribution >= 0.6 is 7.60 Å². The lowest BCUT2D eigenvalue weighted by molar-refractivity contribution is 0.145. The maximum absolute atomic E-state index is 13.0. The summed E-state index contributed by atoms with van der Waals surface area (Å²) in [6, 6.07) is 18.1. The Kier molecular flexibility index (Phi) is 4.71. The van der Waals surface area contributed by atoms with E-state index in [1.807, 2.05) is 24.3 Å². The van der Waals surface area contributed by atoms with Crippen molar-refractivity contribution >= 4 is 7.60 Å². The Morgan fingerprint density at radius 3 is 1.81 bits per heavy atom. The van der Waals surface area contributed by atoms with E-state index in [0.29, 0.717) is 11.5 Å². The van der Waals surface area contributed by atoms with Gasteiger partial charge in [0.05, 0.1) is 0 Å². The lowest BCUT2D eigenvalue weighted by Crippen LogP contribution is -2.31. The molecule has 0 aliphatic rings. The van der Waals surface area contributed by atoms with Gasteiger partial charge in [0.2, 0.25) is 5.34 Å². The Balaban J connectivity index is 2.23. The second-order valence-electron chi connectivity index (χ2n) is 4.95. The lowest BCUT2D eigenvalue weighted by atomic mass is 10.3. The summed E-state index contributed by atoms with van der Waals surface area (Å²) >= 11 is 0. The minimum Gasteiger partial charge on any atom is -0.474 e. The number of hydrogen-bond acceptors (Lipinski definition) is 4. The summed E-state index contributed by atoms with van der Waals surface area (Å²) in [4.78, 5) is 0. The van der Waals surface area contributed by atoms with Crippen LogP contribution in [-0.4, -0.2) is 12.5 Å². The van der Waals surface area contributed by atoms with E-state index in [1.165, 1.54) is 7.11 Å². The second-order valence-corrected chi connectivity index (χ2v) is 7.57. The molecule has 0 heterocycles. The van der Waals surface area contributed by atoms with Crippen LogP contribution in [0.3, 0.4) is 0 Å². The fraction of sp³-hybridized carbons (Fsp3) is 0.250. The number of ether oxygens (including phenoxy) is 1. The van der Waals surface area contributed by atoms with E-state index in [2.05, 4.69) is 0 Å². The largest absolute Gasteiger partial charge is 0.474 e. The molecule has 0 radical (unpaired) electrons. The number of para-hydroxylation sites is 2. The van der Waals surface area contributed by atoms with E-state index >= 15 is 0 Å². The van der Waals surface area contributed by atoms with Gasteiger partial charge in [-0.05, 0) is 38.1 Å². The van der Waals surface area contributed by atoms with Crippen molar-refractivity contribution in [3.8, 4) is 11.5 Å². The molecule has 2 rings (SSSR count). The van der Waals surface area contributed by atoms with Crippen LogP contribution in [-0.2, 0) is 9.09 Å². The van der Waals surface area contributed by atoms with Crippen LogP contribution in [0.2, 0.25) is 0 Å². The van der Waals surface area contributed by atoms with Gasteiger partial charge in [-0.15, -0.1) is 0 Å². The van der Waals surface area contributed by atoms with Crippen molar-refractivity contribution < 1.29 is 18.3 Å². The highest BCUT2D eigenvalue weighted by Crippen LogP contribution is 2.59. The fourth-order valence-electron chi connectivity index (χ4n) is 1.82. The highest BCUT2D eigenvalue weighted by Gasteiger charge is 2.47. The first-order chi connectivity index (χ1) is 9.97. The molecule has 0 saturated carbocycles. The van der Waals surface area contributed by atoms with Crippen molar-refractivity contribution in [1.29, 1.82) is 0 Å². The van der Waals surface area contributed by atoms with Gasteiger partial charge in [0.1, 0.15) is 11.5 Å². The minimum atomic E-state index is -3.51. The zero-order valence-electron chi connectivity index (χ0n) is 12.4. The molecular weight excluding hydrogens is 287 g/mol. The predicted molar refractivity (Wildman–Crippen MR) is 82.8 cm³/mol. The average molecular weight is 306 g/mol. The molecule has 0 fully saturated rings. The molecule has 0 aromatic heterocycles.